The number of hydrogen-bond donors (Lipinski definition) is 0. The number of likely N-dealkylation sites (tertiary alicyclic amines) is 1. The van der Waals surface area contributed by atoms with Crippen molar-refractivity contribution in [2.24, 2.45) is 5.41 Å². The molecule has 1 aromatic carbocycles. The summed E-state index contributed by atoms with van der Waals surface area (Å²) in [6.07, 6.45) is 4.68. The lowest BCUT2D eigenvalue weighted by atomic mass is 9.75. The zero-order chi connectivity index (χ0) is 17.6. The molecule has 1 aliphatic rings. The Morgan fingerprint density at radius 1 is 1.38 bits per heavy atom. The van der Waals surface area contributed by atoms with Crippen LogP contribution in [0.3, 0.4) is 0 Å². The minimum absolute atomic E-state index is 0.126. The molecular weight excluding hydrogens is 309 g/mol. The number of hydrogen-bond acceptors (Lipinski definition) is 3. The van der Waals surface area contributed by atoms with E-state index in [4.69, 9.17) is 4.74 Å². The van der Waals surface area contributed by atoms with Crippen molar-refractivity contribution in [2.45, 2.75) is 33.1 Å². The van der Waals surface area contributed by atoms with Crippen molar-refractivity contribution in [3.63, 3.8) is 0 Å². The first-order valence-corrected chi connectivity index (χ1v) is 8.34. The fourth-order valence-electron chi connectivity index (χ4n) is 3.24. The SMILES string of the molecule is C/C=C/C(=O)N1CCCC(Cc2ccccc2F)(C(=O)OCC)C1. The second-order valence-electron chi connectivity index (χ2n) is 6.13. The van der Waals surface area contributed by atoms with Crippen LogP contribution < -0.4 is 0 Å². The van der Waals surface area contributed by atoms with Gasteiger partial charge in [0.15, 0.2) is 0 Å². The topological polar surface area (TPSA) is 46.6 Å². The van der Waals surface area contributed by atoms with Crippen LogP contribution in [0, 0.1) is 11.2 Å². The number of carbonyl (C=O) groups is 2. The summed E-state index contributed by atoms with van der Waals surface area (Å²) in [5, 5.41) is 0. The average molecular weight is 333 g/mol. The summed E-state index contributed by atoms with van der Waals surface area (Å²) in [5.74, 6) is -0.816. The molecule has 1 aliphatic heterocycles. The molecule has 130 valence electrons. The highest BCUT2D eigenvalue weighted by Gasteiger charge is 2.44. The van der Waals surface area contributed by atoms with Gasteiger partial charge >= 0.3 is 5.97 Å². The minimum atomic E-state index is -0.895. The molecule has 0 aromatic heterocycles. The Kier molecular flexibility index (Phi) is 6.12. The lowest BCUT2D eigenvalue weighted by Crippen LogP contribution is -2.51. The number of allylic oxidation sites excluding steroid dienone is 1. The van der Waals surface area contributed by atoms with Crippen molar-refractivity contribution >= 4 is 11.9 Å². The first kappa shape index (κ1) is 18.2. The van der Waals surface area contributed by atoms with Gasteiger partial charge in [-0.05, 0) is 50.8 Å². The van der Waals surface area contributed by atoms with E-state index in [0.29, 0.717) is 24.9 Å². The van der Waals surface area contributed by atoms with Crippen molar-refractivity contribution in [1.82, 2.24) is 4.90 Å². The maximum Gasteiger partial charge on any atom is 0.314 e. The van der Waals surface area contributed by atoms with Crippen LogP contribution in [0.5, 0.6) is 0 Å². The van der Waals surface area contributed by atoms with Crippen LogP contribution in [-0.4, -0.2) is 36.5 Å². The van der Waals surface area contributed by atoms with Gasteiger partial charge in [-0.3, -0.25) is 9.59 Å². The van der Waals surface area contributed by atoms with Gasteiger partial charge in [-0.1, -0.05) is 24.3 Å². The van der Waals surface area contributed by atoms with E-state index in [-0.39, 0.29) is 37.3 Å². The van der Waals surface area contributed by atoms with Gasteiger partial charge in [0, 0.05) is 13.1 Å². The fourth-order valence-corrected chi connectivity index (χ4v) is 3.24. The fraction of sp³-hybridized carbons (Fsp3) is 0.474. The number of esters is 1. The van der Waals surface area contributed by atoms with Gasteiger partial charge in [0.25, 0.3) is 0 Å². The summed E-state index contributed by atoms with van der Waals surface area (Å²) in [6, 6.07) is 6.45. The number of amides is 1. The Morgan fingerprint density at radius 2 is 2.12 bits per heavy atom. The molecule has 0 N–H and O–H groups in total. The standard InChI is InChI=1S/C19H24FNO3/c1-3-8-17(22)21-12-7-11-19(14-21,18(23)24-4-2)13-15-9-5-6-10-16(15)20/h3,5-6,8-10H,4,7,11-14H2,1-2H3/b8-3+. The summed E-state index contributed by atoms with van der Waals surface area (Å²) in [5.41, 5.74) is -0.417. The van der Waals surface area contributed by atoms with Gasteiger partial charge < -0.3 is 9.64 Å². The zero-order valence-electron chi connectivity index (χ0n) is 14.3. The predicted octanol–water partition coefficient (Wildman–Crippen LogP) is 3.12. The van der Waals surface area contributed by atoms with Crippen molar-refractivity contribution in [3.8, 4) is 0 Å². The predicted molar refractivity (Wildman–Crippen MR) is 89.8 cm³/mol. The third kappa shape index (κ3) is 4.02. The van der Waals surface area contributed by atoms with E-state index in [0.717, 1.165) is 0 Å². The van der Waals surface area contributed by atoms with Crippen LogP contribution in [-0.2, 0) is 20.7 Å². The Hall–Kier alpha value is -2.17. The highest BCUT2D eigenvalue weighted by Crippen LogP contribution is 2.36. The number of nitrogens with zero attached hydrogens (tertiary/aromatic N) is 1. The molecular formula is C19H24FNO3. The molecule has 24 heavy (non-hydrogen) atoms. The summed E-state index contributed by atoms with van der Waals surface area (Å²) in [7, 11) is 0. The average Bonchev–Trinajstić information content (AvgIpc) is 2.57. The van der Waals surface area contributed by atoms with Crippen LogP contribution >= 0.6 is 0 Å². The molecule has 0 bridgehead atoms. The van der Waals surface area contributed by atoms with Crippen molar-refractivity contribution in [3.05, 3.63) is 47.8 Å². The quantitative estimate of drug-likeness (QED) is 0.614. The number of halogens is 1. The lowest BCUT2D eigenvalue weighted by Gasteiger charge is -2.40. The van der Waals surface area contributed by atoms with Crippen LogP contribution in [0.25, 0.3) is 0 Å². The summed E-state index contributed by atoms with van der Waals surface area (Å²) >= 11 is 0. The van der Waals surface area contributed by atoms with Gasteiger partial charge in [-0.2, -0.15) is 0 Å². The van der Waals surface area contributed by atoms with Gasteiger partial charge in [-0.15, -0.1) is 0 Å². The largest absolute Gasteiger partial charge is 0.466 e. The van der Waals surface area contributed by atoms with E-state index in [2.05, 4.69) is 0 Å². The Morgan fingerprint density at radius 3 is 2.79 bits per heavy atom. The zero-order valence-corrected chi connectivity index (χ0v) is 14.3. The second-order valence-corrected chi connectivity index (χ2v) is 6.13. The van der Waals surface area contributed by atoms with Gasteiger partial charge in [0.05, 0.1) is 12.0 Å². The summed E-state index contributed by atoms with van der Waals surface area (Å²) < 4.78 is 19.4. The Bertz CT molecular complexity index is 629. The number of rotatable bonds is 5. The molecule has 1 heterocycles. The molecule has 0 aliphatic carbocycles. The smallest absolute Gasteiger partial charge is 0.314 e. The summed E-state index contributed by atoms with van der Waals surface area (Å²) in [4.78, 5) is 26.5. The normalized spacial score (nSPS) is 21.0. The second kappa shape index (κ2) is 8.08. The molecule has 5 heteroatoms. The first-order chi connectivity index (χ1) is 11.5. The number of piperidine rings is 1. The molecule has 4 nitrogen and oxygen atoms in total. The molecule has 1 amide bonds. The molecule has 0 saturated carbocycles. The Balaban J connectivity index is 2.31. The molecule has 1 saturated heterocycles. The molecule has 0 spiro atoms. The molecule has 1 fully saturated rings. The Labute approximate surface area is 142 Å². The van der Waals surface area contributed by atoms with Crippen molar-refractivity contribution < 1.29 is 18.7 Å². The number of carbonyl (C=O) groups excluding carboxylic acids is 2. The highest BCUT2D eigenvalue weighted by molar-refractivity contribution is 5.88. The van der Waals surface area contributed by atoms with Crippen molar-refractivity contribution in [1.29, 1.82) is 0 Å². The number of benzene rings is 1. The van der Waals surface area contributed by atoms with Crippen molar-refractivity contribution in [2.75, 3.05) is 19.7 Å². The van der Waals surface area contributed by atoms with E-state index in [1.807, 2.05) is 0 Å². The van der Waals surface area contributed by atoms with E-state index >= 15 is 0 Å². The van der Waals surface area contributed by atoms with Gasteiger partial charge in [0.1, 0.15) is 5.82 Å². The maximum absolute atomic E-state index is 14.1. The maximum atomic E-state index is 14.1. The third-order valence-electron chi connectivity index (χ3n) is 4.39. The van der Waals surface area contributed by atoms with Gasteiger partial charge in [-0.25, -0.2) is 4.39 Å². The molecule has 1 unspecified atom stereocenters. The highest BCUT2D eigenvalue weighted by atomic mass is 19.1. The van der Waals surface area contributed by atoms with E-state index in [1.54, 1.807) is 43.0 Å². The lowest BCUT2D eigenvalue weighted by molar-refractivity contribution is -0.160. The molecule has 1 atom stereocenters. The molecule has 1 aromatic rings. The summed E-state index contributed by atoms with van der Waals surface area (Å²) in [6.45, 7) is 4.64. The monoisotopic (exact) mass is 333 g/mol. The van der Waals surface area contributed by atoms with Crippen LogP contribution in [0.2, 0.25) is 0 Å². The van der Waals surface area contributed by atoms with Gasteiger partial charge in [0.2, 0.25) is 5.91 Å². The van der Waals surface area contributed by atoms with E-state index < -0.39 is 5.41 Å². The van der Waals surface area contributed by atoms with Crippen LogP contribution in [0.15, 0.2) is 36.4 Å². The minimum Gasteiger partial charge on any atom is -0.466 e. The van der Waals surface area contributed by atoms with Crippen LogP contribution in [0.4, 0.5) is 4.39 Å². The number of ether oxygens (including phenoxy) is 1. The van der Waals surface area contributed by atoms with Crippen LogP contribution in [0.1, 0.15) is 32.3 Å². The molecule has 0 radical (unpaired) electrons. The van der Waals surface area contributed by atoms with E-state index in [1.165, 1.54) is 12.1 Å². The molecule has 2 rings (SSSR count). The third-order valence-corrected chi connectivity index (χ3v) is 4.39. The van der Waals surface area contributed by atoms with E-state index in [9.17, 15) is 14.0 Å². The first-order valence-electron chi connectivity index (χ1n) is 8.34.